The second kappa shape index (κ2) is 6.74. The van der Waals surface area contributed by atoms with Crippen molar-refractivity contribution in [3.05, 3.63) is 29.6 Å². The Morgan fingerprint density at radius 3 is 2.39 bits per heavy atom. The smallest absolute Gasteiger partial charge is 0.235 e. The third kappa shape index (κ3) is 3.93. The van der Waals surface area contributed by atoms with Gasteiger partial charge in [-0.2, -0.15) is 0 Å². The topological polar surface area (TPSA) is 56.2 Å². The largest absolute Gasteiger partial charge is 0.349 e. The summed E-state index contributed by atoms with van der Waals surface area (Å²) in [5.41, 5.74) is 0.819. The zero-order chi connectivity index (χ0) is 17.2. The van der Waals surface area contributed by atoms with E-state index in [2.05, 4.69) is 4.99 Å². The van der Waals surface area contributed by atoms with Gasteiger partial charge in [-0.15, -0.1) is 0 Å². The van der Waals surface area contributed by atoms with Crippen molar-refractivity contribution in [3.8, 4) is 0 Å². The van der Waals surface area contributed by atoms with Gasteiger partial charge >= 0.3 is 0 Å². The van der Waals surface area contributed by atoms with Crippen LogP contribution in [0.3, 0.4) is 0 Å². The normalized spacial score (nSPS) is 16.3. The first kappa shape index (κ1) is 17.5. The minimum absolute atomic E-state index is 0.0769. The maximum Gasteiger partial charge on any atom is 0.235 e. The van der Waals surface area contributed by atoms with Crippen molar-refractivity contribution in [1.29, 1.82) is 0 Å². The average molecular weight is 342 g/mol. The Balaban J connectivity index is 2.22. The Morgan fingerprint density at radius 1 is 1.26 bits per heavy atom. The Kier molecular flexibility index (Phi) is 5.13. The molecule has 1 aliphatic rings. The number of rotatable bonds is 3. The summed E-state index contributed by atoms with van der Waals surface area (Å²) in [4.78, 5) is 8.21. The molecule has 0 saturated carbocycles. The first-order chi connectivity index (χ1) is 10.7. The first-order valence-corrected chi connectivity index (χ1v) is 9.01. The minimum Gasteiger partial charge on any atom is -0.349 e. The summed E-state index contributed by atoms with van der Waals surface area (Å²) in [5.74, 6) is 0.323. The van der Waals surface area contributed by atoms with Crippen LogP contribution in [0.25, 0.3) is 0 Å². The molecule has 0 unspecified atom stereocenters. The number of nitrogens with zero attached hydrogens (tertiary/aromatic N) is 4. The van der Waals surface area contributed by atoms with Crippen LogP contribution in [-0.2, 0) is 16.6 Å². The number of guanidine groups is 1. The van der Waals surface area contributed by atoms with Gasteiger partial charge in [0.1, 0.15) is 5.82 Å². The number of hydrogen-bond acceptors (Lipinski definition) is 3. The van der Waals surface area contributed by atoms with Crippen molar-refractivity contribution in [2.24, 2.45) is 4.99 Å². The lowest BCUT2D eigenvalue weighted by atomic mass is 10.2. The molecule has 2 rings (SSSR count). The zero-order valence-corrected chi connectivity index (χ0v) is 14.8. The predicted octanol–water partition coefficient (Wildman–Crippen LogP) is 1.34. The Hall–Kier alpha value is -1.83. The number of anilines is 1. The van der Waals surface area contributed by atoms with Gasteiger partial charge in [0.2, 0.25) is 10.0 Å². The van der Waals surface area contributed by atoms with E-state index in [4.69, 9.17) is 0 Å². The molecule has 1 aromatic rings. The van der Waals surface area contributed by atoms with E-state index in [0.717, 1.165) is 10.3 Å². The predicted molar refractivity (Wildman–Crippen MR) is 90.7 cm³/mol. The molecule has 0 spiro atoms. The second-order valence-corrected chi connectivity index (χ2v) is 7.95. The fourth-order valence-electron chi connectivity index (χ4n) is 2.61. The van der Waals surface area contributed by atoms with E-state index in [1.165, 1.54) is 12.1 Å². The van der Waals surface area contributed by atoms with Crippen LogP contribution in [0.1, 0.15) is 12.0 Å². The van der Waals surface area contributed by atoms with Gasteiger partial charge in [-0.25, -0.2) is 17.8 Å². The van der Waals surface area contributed by atoms with Gasteiger partial charge in [-0.1, -0.05) is 6.07 Å². The minimum atomic E-state index is -3.37. The van der Waals surface area contributed by atoms with E-state index in [1.54, 1.807) is 6.07 Å². The van der Waals surface area contributed by atoms with Gasteiger partial charge in [0, 0.05) is 34.7 Å². The summed E-state index contributed by atoms with van der Waals surface area (Å²) in [6.07, 6.45) is 0.531. The molecular formula is C15H23FN4O2S. The molecule has 8 heteroatoms. The van der Waals surface area contributed by atoms with E-state index < -0.39 is 15.8 Å². The first-order valence-electron chi connectivity index (χ1n) is 7.40. The second-order valence-electron chi connectivity index (χ2n) is 5.93. The number of benzene rings is 1. The van der Waals surface area contributed by atoms with Gasteiger partial charge in [-0.05, 0) is 24.1 Å². The van der Waals surface area contributed by atoms with Crippen LogP contribution in [-0.4, -0.2) is 64.7 Å². The third-order valence-electron chi connectivity index (χ3n) is 3.58. The molecule has 1 saturated heterocycles. The summed E-state index contributed by atoms with van der Waals surface area (Å²) in [7, 11) is 4.19. The molecule has 0 aromatic heterocycles. The van der Waals surface area contributed by atoms with Crippen molar-refractivity contribution in [2.45, 2.75) is 13.0 Å². The molecule has 1 fully saturated rings. The molecule has 0 amide bonds. The van der Waals surface area contributed by atoms with Gasteiger partial charge < -0.3 is 9.80 Å². The molecular weight excluding hydrogens is 319 g/mol. The van der Waals surface area contributed by atoms with Gasteiger partial charge in [0.25, 0.3) is 0 Å². The average Bonchev–Trinajstić information content (AvgIpc) is 2.78. The molecule has 0 N–H and O–H groups in total. The Labute approximate surface area is 137 Å². The van der Waals surface area contributed by atoms with Crippen molar-refractivity contribution in [3.63, 3.8) is 0 Å². The van der Waals surface area contributed by atoms with E-state index in [-0.39, 0.29) is 11.4 Å². The molecule has 128 valence electrons. The van der Waals surface area contributed by atoms with Crippen LogP contribution < -0.4 is 4.31 Å². The summed E-state index contributed by atoms with van der Waals surface area (Å²) in [6, 6.07) is 4.60. The van der Waals surface area contributed by atoms with Crippen LogP contribution >= 0.6 is 0 Å². The van der Waals surface area contributed by atoms with Crippen molar-refractivity contribution < 1.29 is 12.8 Å². The molecule has 6 nitrogen and oxygen atoms in total. The van der Waals surface area contributed by atoms with E-state index in [1.807, 2.05) is 38.0 Å². The maximum atomic E-state index is 14.3. The molecule has 1 aliphatic heterocycles. The third-order valence-corrected chi connectivity index (χ3v) is 5.44. The Morgan fingerprint density at radius 2 is 1.91 bits per heavy atom. The lowest BCUT2D eigenvalue weighted by Crippen LogP contribution is -2.35. The quantitative estimate of drug-likeness (QED) is 0.615. The summed E-state index contributed by atoms with van der Waals surface area (Å²) < 4.78 is 39.2. The van der Waals surface area contributed by atoms with Crippen molar-refractivity contribution in [1.82, 2.24) is 9.80 Å². The lowest BCUT2D eigenvalue weighted by Gasteiger charge is -2.22. The molecule has 23 heavy (non-hydrogen) atoms. The molecule has 1 heterocycles. The van der Waals surface area contributed by atoms with Gasteiger partial charge in [-0.3, -0.25) is 4.31 Å². The highest BCUT2D eigenvalue weighted by Crippen LogP contribution is 2.27. The number of sulfonamides is 1. The summed E-state index contributed by atoms with van der Waals surface area (Å²) >= 11 is 0. The Bertz CT molecular complexity index is 691. The number of aliphatic imine (C=N–C) groups is 1. The highest BCUT2D eigenvalue weighted by molar-refractivity contribution is 7.93. The van der Waals surface area contributed by atoms with E-state index in [0.29, 0.717) is 25.1 Å². The number of halogens is 1. The summed E-state index contributed by atoms with van der Waals surface area (Å²) in [6.45, 7) is 0.664. The van der Waals surface area contributed by atoms with Crippen LogP contribution in [0.5, 0.6) is 0 Å². The standard InChI is InChI=1S/C15H23FN4O2S/c1-18(2)15(19(3)4)17-11-12-6-7-14(13(16)10-12)20-8-5-9-23(20,21)22/h6-7,10H,5,8-9,11H2,1-4H3. The highest BCUT2D eigenvalue weighted by Gasteiger charge is 2.30. The molecule has 0 aliphatic carbocycles. The highest BCUT2D eigenvalue weighted by atomic mass is 32.2. The number of hydrogen-bond donors (Lipinski definition) is 0. The van der Waals surface area contributed by atoms with Crippen LogP contribution in [0.2, 0.25) is 0 Å². The summed E-state index contributed by atoms with van der Waals surface area (Å²) in [5, 5.41) is 0. The molecule has 1 aromatic carbocycles. The molecule has 0 atom stereocenters. The van der Waals surface area contributed by atoms with Crippen LogP contribution in [0.4, 0.5) is 10.1 Å². The maximum absolute atomic E-state index is 14.3. The van der Waals surface area contributed by atoms with Gasteiger partial charge in [0.15, 0.2) is 5.96 Å². The fourth-order valence-corrected chi connectivity index (χ4v) is 4.18. The SMILES string of the molecule is CN(C)C(=NCc1ccc(N2CCCS2(=O)=O)c(F)c1)N(C)C. The zero-order valence-electron chi connectivity index (χ0n) is 14.0. The fraction of sp³-hybridized carbons (Fsp3) is 0.533. The van der Waals surface area contributed by atoms with Crippen LogP contribution in [0.15, 0.2) is 23.2 Å². The van der Waals surface area contributed by atoms with Crippen LogP contribution in [0, 0.1) is 5.82 Å². The molecule has 0 bridgehead atoms. The van der Waals surface area contributed by atoms with E-state index >= 15 is 0 Å². The van der Waals surface area contributed by atoms with Gasteiger partial charge in [0.05, 0.1) is 18.0 Å². The van der Waals surface area contributed by atoms with E-state index in [9.17, 15) is 12.8 Å². The van der Waals surface area contributed by atoms with Crippen molar-refractivity contribution >= 4 is 21.7 Å². The van der Waals surface area contributed by atoms with Crippen molar-refractivity contribution in [2.75, 3.05) is 44.8 Å². The molecule has 0 radical (unpaired) electrons. The monoisotopic (exact) mass is 342 g/mol. The lowest BCUT2D eigenvalue weighted by molar-refractivity contribution is 0.479.